The molecule has 3 rings (SSSR count). The Morgan fingerprint density at radius 1 is 1.50 bits per heavy atom. The first-order chi connectivity index (χ1) is 9.60. The van der Waals surface area contributed by atoms with Crippen LogP contribution in [0.3, 0.4) is 0 Å². The molecule has 0 amide bonds. The maximum atomic E-state index is 11.8. The number of rotatable bonds is 3. The Morgan fingerprint density at radius 2 is 2.30 bits per heavy atom. The minimum absolute atomic E-state index is 0.540. The lowest BCUT2D eigenvalue weighted by atomic mass is 9.93. The van der Waals surface area contributed by atoms with E-state index in [-0.39, 0.29) is 0 Å². The molecule has 0 bridgehead atoms. The molecule has 1 fully saturated rings. The lowest BCUT2D eigenvalue weighted by Gasteiger charge is -2.34. The Bertz CT molecular complexity index is 668. The van der Waals surface area contributed by atoms with E-state index in [0.717, 1.165) is 12.2 Å². The molecular weight excluding hydrogens is 258 g/mol. The highest BCUT2D eigenvalue weighted by molar-refractivity contribution is 5.85. The minimum atomic E-state index is -0.880. The molecule has 0 aliphatic carbocycles. The highest BCUT2D eigenvalue weighted by Crippen LogP contribution is 2.37. The third kappa shape index (κ3) is 1.59. The second-order valence-electron chi connectivity index (χ2n) is 5.14. The number of carboxylic acid groups (broad SMARTS) is 1. The van der Waals surface area contributed by atoms with Crippen LogP contribution in [0.15, 0.2) is 12.4 Å². The molecule has 7 nitrogen and oxygen atoms in total. The van der Waals surface area contributed by atoms with Crippen molar-refractivity contribution in [2.24, 2.45) is 0 Å². The Kier molecular flexibility index (Phi) is 2.84. The fourth-order valence-corrected chi connectivity index (χ4v) is 3.05. The van der Waals surface area contributed by atoms with E-state index in [1.54, 1.807) is 12.4 Å². The summed E-state index contributed by atoms with van der Waals surface area (Å²) in [6.45, 7) is 4.44. The third-order valence-electron chi connectivity index (χ3n) is 4.21. The summed E-state index contributed by atoms with van der Waals surface area (Å²) in [4.78, 5) is 18.0. The van der Waals surface area contributed by atoms with Gasteiger partial charge in [-0.1, -0.05) is 6.92 Å². The van der Waals surface area contributed by atoms with Gasteiger partial charge in [0.1, 0.15) is 11.4 Å². The van der Waals surface area contributed by atoms with Gasteiger partial charge >= 0.3 is 5.97 Å². The lowest BCUT2D eigenvalue weighted by molar-refractivity contribution is -0.143. The number of aromatic nitrogens is 4. The molecule has 7 heteroatoms. The summed E-state index contributed by atoms with van der Waals surface area (Å²) < 4.78 is 1.84. The summed E-state index contributed by atoms with van der Waals surface area (Å²) in [6, 6.07) is 0. The van der Waals surface area contributed by atoms with Crippen LogP contribution in [0.1, 0.15) is 32.0 Å². The van der Waals surface area contributed by atoms with Crippen LogP contribution in [0.4, 0.5) is 5.82 Å². The number of hydrogen-bond acceptors (Lipinski definition) is 5. The Balaban J connectivity index is 2.17. The topological polar surface area (TPSA) is 83.6 Å². The molecule has 1 atom stereocenters. The number of carboxylic acids is 1. The number of anilines is 1. The van der Waals surface area contributed by atoms with Crippen LogP contribution in [0.5, 0.6) is 0 Å². The summed E-state index contributed by atoms with van der Waals surface area (Å²) in [5.74, 6) is 0.577. The standard InChI is InChI=1S/C13H17N5O2/c1-3-13(12(19)20)5-4-7-18(13)10-11-16-15-9(2)17(11)8-6-14-10/h6,8H,3-5,7H2,1-2H3,(H,19,20). The summed E-state index contributed by atoms with van der Waals surface area (Å²) in [7, 11) is 0. The lowest BCUT2D eigenvalue weighted by Crippen LogP contribution is -2.50. The van der Waals surface area contributed by atoms with E-state index < -0.39 is 11.5 Å². The highest BCUT2D eigenvalue weighted by Gasteiger charge is 2.47. The summed E-state index contributed by atoms with van der Waals surface area (Å²) >= 11 is 0. The molecule has 1 unspecified atom stereocenters. The van der Waals surface area contributed by atoms with E-state index in [2.05, 4.69) is 15.2 Å². The second kappa shape index (κ2) is 4.43. The van der Waals surface area contributed by atoms with Gasteiger partial charge in [0.25, 0.3) is 0 Å². The van der Waals surface area contributed by atoms with Gasteiger partial charge in [0.15, 0.2) is 5.82 Å². The predicted molar refractivity (Wildman–Crippen MR) is 72.8 cm³/mol. The van der Waals surface area contributed by atoms with Gasteiger partial charge in [0.05, 0.1) is 0 Å². The molecule has 1 N–H and O–H groups in total. The van der Waals surface area contributed by atoms with Gasteiger partial charge in [0, 0.05) is 18.9 Å². The molecule has 1 saturated heterocycles. The van der Waals surface area contributed by atoms with Crippen LogP contribution >= 0.6 is 0 Å². The predicted octanol–water partition coefficient (Wildman–Crippen LogP) is 1.27. The van der Waals surface area contributed by atoms with Crippen molar-refractivity contribution in [2.75, 3.05) is 11.4 Å². The molecule has 0 spiro atoms. The van der Waals surface area contributed by atoms with Crippen LogP contribution < -0.4 is 4.90 Å². The number of carbonyl (C=O) groups is 1. The number of aliphatic carboxylic acids is 1. The average Bonchev–Trinajstić information content (AvgIpc) is 3.03. The number of nitrogens with zero attached hydrogens (tertiary/aromatic N) is 5. The molecule has 20 heavy (non-hydrogen) atoms. The third-order valence-corrected chi connectivity index (χ3v) is 4.21. The average molecular weight is 275 g/mol. The molecule has 3 heterocycles. The molecule has 1 aliphatic rings. The Hall–Kier alpha value is -2.18. The molecular formula is C13H17N5O2. The van der Waals surface area contributed by atoms with Crippen molar-refractivity contribution in [1.29, 1.82) is 0 Å². The van der Waals surface area contributed by atoms with Crippen LogP contribution in [-0.2, 0) is 4.79 Å². The van der Waals surface area contributed by atoms with E-state index in [0.29, 0.717) is 30.9 Å². The molecule has 106 valence electrons. The van der Waals surface area contributed by atoms with Crippen LogP contribution in [0.25, 0.3) is 5.65 Å². The van der Waals surface area contributed by atoms with Crippen molar-refractivity contribution in [3.05, 3.63) is 18.2 Å². The summed E-state index contributed by atoms with van der Waals surface area (Å²) in [5, 5.41) is 17.8. The van der Waals surface area contributed by atoms with Crippen molar-refractivity contribution < 1.29 is 9.90 Å². The fourth-order valence-electron chi connectivity index (χ4n) is 3.05. The van der Waals surface area contributed by atoms with Gasteiger partial charge < -0.3 is 10.0 Å². The SMILES string of the molecule is CCC1(C(=O)O)CCCN1c1nccn2c(C)nnc12. The molecule has 0 saturated carbocycles. The molecule has 2 aromatic heterocycles. The van der Waals surface area contributed by atoms with Crippen molar-refractivity contribution in [3.8, 4) is 0 Å². The van der Waals surface area contributed by atoms with E-state index >= 15 is 0 Å². The Morgan fingerprint density at radius 3 is 3.00 bits per heavy atom. The summed E-state index contributed by atoms with van der Waals surface area (Å²) in [6.07, 6.45) is 5.47. The van der Waals surface area contributed by atoms with E-state index in [1.165, 1.54) is 0 Å². The van der Waals surface area contributed by atoms with E-state index in [9.17, 15) is 9.90 Å². The fraction of sp³-hybridized carbons (Fsp3) is 0.538. The zero-order chi connectivity index (χ0) is 14.3. The zero-order valence-corrected chi connectivity index (χ0v) is 11.6. The maximum Gasteiger partial charge on any atom is 0.329 e. The second-order valence-corrected chi connectivity index (χ2v) is 5.14. The monoisotopic (exact) mass is 275 g/mol. The molecule has 0 aromatic carbocycles. The number of aryl methyl sites for hydroxylation is 1. The van der Waals surface area contributed by atoms with Crippen LogP contribution in [0, 0.1) is 6.92 Å². The smallest absolute Gasteiger partial charge is 0.329 e. The van der Waals surface area contributed by atoms with Crippen molar-refractivity contribution in [2.45, 2.75) is 38.6 Å². The van der Waals surface area contributed by atoms with E-state index in [1.807, 2.05) is 23.1 Å². The minimum Gasteiger partial charge on any atom is -0.479 e. The van der Waals surface area contributed by atoms with Gasteiger partial charge in [0.2, 0.25) is 5.65 Å². The van der Waals surface area contributed by atoms with Gasteiger partial charge in [-0.3, -0.25) is 4.40 Å². The van der Waals surface area contributed by atoms with Gasteiger partial charge in [-0.25, -0.2) is 9.78 Å². The first-order valence-corrected chi connectivity index (χ1v) is 6.77. The Labute approximate surface area is 116 Å². The van der Waals surface area contributed by atoms with Crippen molar-refractivity contribution in [3.63, 3.8) is 0 Å². The van der Waals surface area contributed by atoms with Gasteiger partial charge in [-0.15, -0.1) is 10.2 Å². The number of hydrogen-bond donors (Lipinski definition) is 1. The normalized spacial score (nSPS) is 22.6. The van der Waals surface area contributed by atoms with Gasteiger partial charge in [-0.05, 0) is 26.2 Å². The van der Waals surface area contributed by atoms with Crippen LogP contribution in [-0.4, -0.2) is 42.7 Å². The molecule has 0 radical (unpaired) electrons. The maximum absolute atomic E-state index is 11.8. The molecule has 1 aliphatic heterocycles. The van der Waals surface area contributed by atoms with Gasteiger partial charge in [-0.2, -0.15) is 0 Å². The summed E-state index contributed by atoms with van der Waals surface area (Å²) in [5.41, 5.74) is -0.264. The van der Waals surface area contributed by atoms with E-state index in [4.69, 9.17) is 0 Å². The number of fused-ring (bicyclic) bond motifs is 1. The van der Waals surface area contributed by atoms with Crippen molar-refractivity contribution in [1.82, 2.24) is 19.6 Å². The molecule has 2 aromatic rings. The first-order valence-electron chi connectivity index (χ1n) is 6.77. The van der Waals surface area contributed by atoms with Crippen molar-refractivity contribution >= 4 is 17.4 Å². The largest absolute Gasteiger partial charge is 0.479 e. The zero-order valence-electron chi connectivity index (χ0n) is 11.6. The van der Waals surface area contributed by atoms with Crippen LogP contribution in [0.2, 0.25) is 0 Å². The highest BCUT2D eigenvalue weighted by atomic mass is 16.4. The first kappa shape index (κ1) is 12.8. The quantitative estimate of drug-likeness (QED) is 0.908.